The Balaban J connectivity index is 2.47. The van der Waals surface area contributed by atoms with Crippen LogP contribution in [0.15, 0.2) is 24.3 Å². The Hall–Kier alpha value is -2.57. The largest absolute Gasteiger partial charge is 0.478 e. The minimum atomic E-state index is -1.14. The molecule has 0 aliphatic rings. The van der Waals surface area contributed by atoms with Crippen molar-refractivity contribution in [2.24, 2.45) is 0 Å². The molecule has 0 atom stereocenters. The number of methoxy groups -OCH3 is 1. The molecule has 0 spiro atoms. The van der Waals surface area contributed by atoms with E-state index in [0.717, 1.165) is 5.56 Å². The molecule has 0 saturated heterocycles. The summed E-state index contributed by atoms with van der Waals surface area (Å²) >= 11 is 0. The second kappa shape index (κ2) is 8.17. The summed E-state index contributed by atoms with van der Waals surface area (Å²) in [4.78, 5) is 34.5. The van der Waals surface area contributed by atoms with Gasteiger partial charge in [0.05, 0.1) is 13.7 Å². The van der Waals surface area contributed by atoms with Crippen LogP contribution in [0.4, 0.5) is 0 Å². The van der Waals surface area contributed by atoms with Crippen molar-refractivity contribution in [1.29, 1.82) is 0 Å². The predicted molar refractivity (Wildman–Crippen MR) is 83.9 cm³/mol. The summed E-state index contributed by atoms with van der Waals surface area (Å²) in [7, 11) is 1.22. The average molecular weight is 322 g/mol. The Morgan fingerprint density at radius 1 is 1.04 bits per heavy atom. The molecule has 0 bridgehead atoms. The van der Waals surface area contributed by atoms with E-state index in [1.54, 1.807) is 26.0 Å². The van der Waals surface area contributed by atoms with E-state index in [0.29, 0.717) is 5.75 Å². The maximum Gasteiger partial charge on any atom is 0.325 e. The molecule has 0 saturated carbocycles. The Morgan fingerprint density at radius 3 is 2.22 bits per heavy atom. The molecule has 126 valence electrons. The number of ether oxygens (including phenoxy) is 2. The second-order valence-corrected chi connectivity index (χ2v) is 5.46. The number of nitrogens with one attached hydrogen (secondary N) is 2. The lowest BCUT2D eigenvalue weighted by atomic mass is 10.1. The quantitative estimate of drug-likeness (QED) is 0.715. The first-order valence-electron chi connectivity index (χ1n) is 7.12. The van der Waals surface area contributed by atoms with Gasteiger partial charge in [-0.25, -0.2) is 0 Å². The molecule has 0 heterocycles. The summed E-state index contributed by atoms with van der Waals surface area (Å²) in [5.41, 5.74) is -0.0559. The summed E-state index contributed by atoms with van der Waals surface area (Å²) in [6.07, 6.45) is 0. The fourth-order valence-corrected chi connectivity index (χ4v) is 1.63. The fourth-order valence-electron chi connectivity index (χ4n) is 1.63. The van der Waals surface area contributed by atoms with Crippen LogP contribution in [0.1, 0.15) is 19.4 Å². The van der Waals surface area contributed by atoms with Gasteiger partial charge in [-0.3, -0.25) is 14.4 Å². The van der Waals surface area contributed by atoms with E-state index < -0.39 is 23.4 Å². The molecule has 0 unspecified atom stereocenters. The molecule has 7 heteroatoms. The second-order valence-electron chi connectivity index (χ2n) is 5.46. The highest BCUT2D eigenvalue weighted by Gasteiger charge is 2.30. The van der Waals surface area contributed by atoms with Gasteiger partial charge in [-0.2, -0.15) is 0 Å². The van der Waals surface area contributed by atoms with Gasteiger partial charge in [0.1, 0.15) is 12.3 Å². The van der Waals surface area contributed by atoms with Crippen molar-refractivity contribution in [3.8, 4) is 5.75 Å². The number of rotatable bonds is 7. The molecule has 7 nitrogen and oxygen atoms in total. The minimum absolute atomic E-state index is 0.242. The van der Waals surface area contributed by atoms with Crippen molar-refractivity contribution >= 4 is 17.8 Å². The Bertz CT molecular complexity index is 566. The number of esters is 1. The first-order chi connectivity index (χ1) is 10.7. The van der Waals surface area contributed by atoms with Crippen molar-refractivity contribution < 1.29 is 23.9 Å². The van der Waals surface area contributed by atoms with E-state index in [1.807, 2.05) is 19.1 Å². The van der Waals surface area contributed by atoms with Crippen LogP contribution in [-0.2, 0) is 19.1 Å². The molecule has 1 aromatic carbocycles. The zero-order valence-electron chi connectivity index (χ0n) is 13.8. The van der Waals surface area contributed by atoms with Gasteiger partial charge in [-0.1, -0.05) is 17.7 Å². The van der Waals surface area contributed by atoms with E-state index in [2.05, 4.69) is 15.4 Å². The highest BCUT2D eigenvalue weighted by Crippen LogP contribution is 2.18. The highest BCUT2D eigenvalue weighted by atomic mass is 16.5. The predicted octanol–water partition coefficient (Wildman–Crippen LogP) is 0.558. The van der Waals surface area contributed by atoms with Crippen molar-refractivity contribution in [1.82, 2.24) is 10.6 Å². The maximum absolute atomic E-state index is 12.1. The number of carbonyl (C=O) groups excluding carboxylic acids is 3. The van der Waals surface area contributed by atoms with Gasteiger partial charge in [0.2, 0.25) is 5.91 Å². The molecule has 2 N–H and O–H groups in total. The number of amides is 2. The summed E-state index contributed by atoms with van der Waals surface area (Å²) in [5.74, 6) is -0.931. The summed E-state index contributed by atoms with van der Waals surface area (Å²) in [6, 6.07) is 7.30. The Labute approximate surface area is 135 Å². The standard InChI is InChI=1S/C16H22N2O5/c1-11-5-7-12(8-6-11)23-16(2,3)15(21)18-9-13(19)17-10-14(20)22-4/h5-8H,9-10H2,1-4H3,(H,17,19)(H,18,21). The summed E-state index contributed by atoms with van der Waals surface area (Å²) in [5, 5.41) is 4.80. The van der Waals surface area contributed by atoms with E-state index in [4.69, 9.17) is 4.74 Å². The summed E-state index contributed by atoms with van der Waals surface area (Å²) in [6.45, 7) is 4.67. The number of carbonyl (C=O) groups is 3. The van der Waals surface area contributed by atoms with Gasteiger partial charge in [0.15, 0.2) is 5.60 Å². The molecule has 1 aromatic rings. The molecule has 0 aliphatic heterocycles. The van der Waals surface area contributed by atoms with Gasteiger partial charge in [-0.05, 0) is 32.9 Å². The zero-order chi connectivity index (χ0) is 17.5. The van der Waals surface area contributed by atoms with Crippen LogP contribution in [0.25, 0.3) is 0 Å². The first kappa shape index (κ1) is 18.5. The molecule has 0 fully saturated rings. The topological polar surface area (TPSA) is 93.7 Å². The van der Waals surface area contributed by atoms with Gasteiger partial charge < -0.3 is 20.1 Å². The lowest BCUT2D eigenvalue weighted by Crippen LogP contribution is -2.49. The monoisotopic (exact) mass is 322 g/mol. The molecule has 1 rings (SSSR count). The Kier molecular flexibility index (Phi) is 6.56. The molecule has 0 aliphatic carbocycles. The van der Waals surface area contributed by atoms with Crippen molar-refractivity contribution in [3.05, 3.63) is 29.8 Å². The Morgan fingerprint density at radius 2 is 1.65 bits per heavy atom. The van der Waals surface area contributed by atoms with Crippen molar-refractivity contribution in [3.63, 3.8) is 0 Å². The minimum Gasteiger partial charge on any atom is -0.478 e. The lowest BCUT2D eigenvalue weighted by Gasteiger charge is -2.25. The van der Waals surface area contributed by atoms with E-state index >= 15 is 0 Å². The first-order valence-corrected chi connectivity index (χ1v) is 7.12. The van der Waals surface area contributed by atoms with Gasteiger partial charge >= 0.3 is 5.97 Å². The van der Waals surface area contributed by atoms with Crippen LogP contribution in [-0.4, -0.2) is 43.6 Å². The van der Waals surface area contributed by atoms with Crippen LogP contribution >= 0.6 is 0 Å². The van der Waals surface area contributed by atoms with Crippen LogP contribution in [0, 0.1) is 6.92 Å². The molecular formula is C16H22N2O5. The van der Waals surface area contributed by atoms with Crippen LogP contribution in [0.3, 0.4) is 0 Å². The van der Waals surface area contributed by atoms with Gasteiger partial charge in [0.25, 0.3) is 5.91 Å². The molecule has 0 aromatic heterocycles. The number of hydrogen-bond acceptors (Lipinski definition) is 5. The van der Waals surface area contributed by atoms with E-state index in [9.17, 15) is 14.4 Å². The number of benzene rings is 1. The van der Waals surface area contributed by atoms with Gasteiger partial charge in [-0.15, -0.1) is 0 Å². The maximum atomic E-state index is 12.1. The van der Waals surface area contributed by atoms with Gasteiger partial charge in [0, 0.05) is 0 Å². The third kappa shape index (κ3) is 6.37. The lowest BCUT2D eigenvalue weighted by molar-refractivity contribution is -0.141. The molecule has 23 heavy (non-hydrogen) atoms. The molecule has 2 amide bonds. The average Bonchev–Trinajstić information content (AvgIpc) is 2.52. The van der Waals surface area contributed by atoms with Crippen LogP contribution < -0.4 is 15.4 Å². The molecule has 0 radical (unpaired) electrons. The third-order valence-corrected chi connectivity index (χ3v) is 3.01. The van der Waals surface area contributed by atoms with Crippen LogP contribution in [0.2, 0.25) is 0 Å². The fraction of sp³-hybridized carbons (Fsp3) is 0.438. The van der Waals surface area contributed by atoms with Crippen molar-refractivity contribution in [2.75, 3.05) is 20.2 Å². The zero-order valence-corrected chi connectivity index (χ0v) is 13.8. The van der Waals surface area contributed by atoms with E-state index in [-0.39, 0.29) is 13.1 Å². The smallest absolute Gasteiger partial charge is 0.325 e. The van der Waals surface area contributed by atoms with E-state index in [1.165, 1.54) is 7.11 Å². The number of aryl methyl sites for hydroxylation is 1. The molecular weight excluding hydrogens is 300 g/mol. The number of hydrogen-bond donors (Lipinski definition) is 2. The SMILES string of the molecule is COC(=O)CNC(=O)CNC(=O)C(C)(C)Oc1ccc(C)cc1. The van der Waals surface area contributed by atoms with Crippen molar-refractivity contribution in [2.45, 2.75) is 26.4 Å². The third-order valence-electron chi connectivity index (χ3n) is 3.01. The van der Waals surface area contributed by atoms with Crippen LogP contribution in [0.5, 0.6) is 5.75 Å². The summed E-state index contributed by atoms with van der Waals surface area (Å²) < 4.78 is 10.0. The normalized spacial score (nSPS) is 10.6. The highest BCUT2D eigenvalue weighted by molar-refractivity contribution is 5.90.